The summed E-state index contributed by atoms with van der Waals surface area (Å²) < 4.78 is 7.43. The molecule has 2 aromatic rings. The fourth-order valence-electron chi connectivity index (χ4n) is 2.88. The van der Waals surface area contributed by atoms with E-state index in [0.29, 0.717) is 5.65 Å². The Kier molecular flexibility index (Phi) is 3.90. The Hall–Kier alpha value is -1.54. The molecule has 0 spiro atoms. The van der Waals surface area contributed by atoms with Crippen LogP contribution >= 0.6 is 0 Å². The minimum absolute atomic E-state index is 0.0865. The summed E-state index contributed by atoms with van der Waals surface area (Å²) in [5.41, 5.74) is 1.46. The first-order valence-electron chi connectivity index (χ1n) is 7.39. The molecule has 7 heteroatoms. The average molecular weight is 307 g/mol. The van der Waals surface area contributed by atoms with Crippen molar-refractivity contribution in [2.45, 2.75) is 51.4 Å². The van der Waals surface area contributed by atoms with Crippen molar-refractivity contribution >= 4 is 11.0 Å². The first-order valence-corrected chi connectivity index (χ1v) is 7.39. The lowest BCUT2D eigenvalue weighted by Gasteiger charge is -2.23. The highest BCUT2D eigenvalue weighted by molar-refractivity contribution is 5.78. The van der Waals surface area contributed by atoms with Crippen LogP contribution in [0.2, 0.25) is 0 Å². The third kappa shape index (κ3) is 2.30. The van der Waals surface area contributed by atoms with Crippen LogP contribution in [0.15, 0.2) is 18.6 Å². The molecule has 0 aromatic carbocycles. The number of aliphatic hydroxyl groups is 3. The molecule has 1 aliphatic rings. The summed E-state index contributed by atoms with van der Waals surface area (Å²) in [4.78, 5) is 8.36. The highest BCUT2D eigenvalue weighted by atomic mass is 16.6. The van der Waals surface area contributed by atoms with Crippen LogP contribution in [0, 0.1) is 12.8 Å². The smallest absolute Gasteiger partial charge is 0.164 e. The minimum Gasteiger partial charge on any atom is -0.390 e. The molecule has 0 saturated carbocycles. The zero-order valence-electron chi connectivity index (χ0n) is 12.8. The molecule has 0 bridgehead atoms. The second-order valence-electron chi connectivity index (χ2n) is 6.13. The molecule has 0 unspecified atom stereocenters. The number of ether oxygens (including phenoxy) is 1. The predicted octanol–water partition coefficient (Wildman–Crippen LogP) is 0.376. The van der Waals surface area contributed by atoms with Crippen LogP contribution in [0.25, 0.3) is 11.0 Å². The molecule has 5 atom stereocenters. The van der Waals surface area contributed by atoms with Gasteiger partial charge in [0.25, 0.3) is 0 Å². The number of hydrogen-bond acceptors (Lipinski definition) is 6. The van der Waals surface area contributed by atoms with E-state index in [1.807, 2.05) is 26.8 Å². The molecular formula is C15H21N3O4. The van der Waals surface area contributed by atoms with Gasteiger partial charge < -0.3 is 24.6 Å². The van der Waals surface area contributed by atoms with Crippen LogP contribution in [0.4, 0.5) is 0 Å². The summed E-state index contributed by atoms with van der Waals surface area (Å²) in [6, 6.07) is 1.85. The topological polar surface area (TPSA) is 101 Å². The maximum atomic E-state index is 10.3. The van der Waals surface area contributed by atoms with Gasteiger partial charge in [-0.3, -0.25) is 0 Å². The second kappa shape index (κ2) is 5.58. The third-order valence-electron chi connectivity index (χ3n) is 4.28. The molecule has 2 aromatic heterocycles. The summed E-state index contributed by atoms with van der Waals surface area (Å²) >= 11 is 0. The van der Waals surface area contributed by atoms with E-state index in [2.05, 4.69) is 9.97 Å². The number of hydrogen-bond donors (Lipinski definition) is 3. The van der Waals surface area contributed by atoms with Crippen molar-refractivity contribution in [2.75, 3.05) is 0 Å². The van der Waals surface area contributed by atoms with Crippen LogP contribution in [-0.4, -0.2) is 54.3 Å². The van der Waals surface area contributed by atoms with Gasteiger partial charge in [-0.1, -0.05) is 13.8 Å². The molecule has 0 radical (unpaired) electrons. The fraction of sp³-hybridized carbons (Fsp3) is 0.600. The molecule has 1 saturated heterocycles. The van der Waals surface area contributed by atoms with E-state index in [1.165, 1.54) is 6.33 Å². The molecule has 22 heavy (non-hydrogen) atoms. The van der Waals surface area contributed by atoms with Crippen LogP contribution in [0.5, 0.6) is 0 Å². The monoisotopic (exact) mass is 307 g/mol. The fourth-order valence-corrected chi connectivity index (χ4v) is 2.88. The maximum absolute atomic E-state index is 10.3. The van der Waals surface area contributed by atoms with Gasteiger partial charge in [-0.2, -0.15) is 0 Å². The molecule has 0 amide bonds. The molecule has 3 rings (SSSR count). The van der Waals surface area contributed by atoms with Crippen LogP contribution in [-0.2, 0) is 4.74 Å². The van der Waals surface area contributed by atoms with Crippen molar-refractivity contribution in [3.8, 4) is 0 Å². The van der Waals surface area contributed by atoms with Gasteiger partial charge in [0, 0.05) is 11.6 Å². The van der Waals surface area contributed by atoms with Crippen molar-refractivity contribution in [3.63, 3.8) is 0 Å². The number of rotatable bonds is 3. The van der Waals surface area contributed by atoms with Gasteiger partial charge in [-0.05, 0) is 18.9 Å². The predicted molar refractivity (Wildman–Crippen MR) is 79.0 cm³/mol. The van der Waals surface area contributed by atoms with E-state index in [0.717, 1.165) is 11.1 Å². The minimum atomic E-state index is -1.15. The first-order chi connectivity index (χ1) is 10.4. The van der Waals surface area contributed by atoms with Crippen LogP contribution < -0.4 is 0 Å². The molecule has 3 N–H and O–H groups in total. The summed E-state index contributed by atoms with van der Waals surface area (Å²) in [5.74, 6) is -0.0865. The normalized spacial score (nSPS) is 30.3. The highest BCUT2D eigenvalue weighted by Crippen LogP contribution is 2.34. The van der Waals surface area contributed by atoms with Gasteiger partial charge in [0.2, 0.25) is 0 Å². The number of aryl methyl sites for hydroxylation is 1. The van der Waals surface area contributed by atoms with Crippen molar-refractivity contribution in [2.24, 2.45) is 5.92 Å². The summed E-state index contributed by atoms with van der Waals surface area (Å²) in [5, 5.41) is 31.5. The van der Waals surface area contributed by atoms with Crippen molar-refractivity contribution in [3.05, 3.63) is 24.3 Å². The van der Waals surface area contributed by atoms with E-state index in [4.69, 9.17) is 4.74 Å². The van der Waals surface area contributed by atoms with Gasteiger partial charge in [-0.25, -0.2) is 9.97 Å². The highest BCUT2D eigenvalue weighted by Gasteiger charge is 2.47. The molecule has 0 aliphatic carbocycles. The Morgan fingerprint density at radius 3 is 2.64 bits per heavy atom. The van der Waals surface area contributed by atoms with Gasteiger partial charge in [0.15, 0.2) is 6.23 Å². The number of aliphatic hydroxyl groups excluding tert-OH is 3. The third-order valence-corrected chi connectivity index (χ3v) is 4.28. The van der Waals surface area contributed by atoms with Gasteiger partial charge >= 0.3 is 0 Å². The van der Waals surface area contributed by atoms with Crippen molar-refractivity contribution in [1.29, 1.82) is 0 Å². The van der Waals surface area contributed by atoms with Crippen molar-refractivity contribution in [1.82, 2.24) is 14.5 Å². The Morgan fingerprint density at radius 2 is 1.95 bits per heavy atom. The van der Waals surface area contributed by atoms with E-state index in [-0.39, 0.29) is 5.92 Å². The standard InChI is InChI=1S/C15H21N3O4/c1-7(2)10(19)13-11(20)12(21)15(22-13)18-5-4-9-8(3)16-6-17-14(9)18/h4-7,10-13,15,19-21H,1-3H3/t10-,11+,12-,13-,15-/m1/s1. The average Bonchev–Trinajstić information content (AvgIpc) is 3.02. The second-order valence-corrected chi connectivity index (χ2v) is 6.13. The SMILES string of the molecule is Cc1ncnc2c1ccn2[C@@H]1O[C@H]([C@H](O)C(C)C)[C@@H](O)[C@H]1O. The zero-order valence-corrected chi connectivity index (χ0v) is 12.8. The molecule has 1 aliphatic heterocycles. The zero-order chi connectivity index (χ0) is 16.0. The Morgan fingerprint density at radius 1 is 1.23 bits per heavy atom. The number of nitrogens with zero attached hydrogens (tertiary/aromatic N) is 3. The lowest BCUT2D eigenvalue weighted by Crippen LogP contribution is -2.41. The molecular weight excluding hydrogens is 286 g/mol. The van der Waals surface area contributed by atoms with E-state index in [1.54, 1.807) is 10.8 Å². The lowest BCUT2D eigenvalue weighted by molar-refractivity contribution is -0.0961. The first kappa shape index (κ1) is 15.4. The van der Waals surface area contributed by atoms with E-state index >= 15 is 0 Å². The van der Waals surface area contributed by atoms with Crippen LogP contribution in [0.1, 0.15) is 25.8 Å². The summed E-state index contributed by atoms with van der Waals surface area (Å²) in [7, 11) is 0. The van der Waals surface area contributed by atoms with Crippen molar-refractivity contribution < 1.29 is 20.1 Å². The molecule has 120 valence electrons. The van der Waals surface area contributed by atoms with E-state index in [9.17, 15) is 15.3 Å². The van der Waals surface area contributed by atoms with Gasteiger partial charge in [0.05, 0.1) is 11.8 Å². The lowest BCUT2D eigenvalue weighted by atomic mass is 9.97. The summed E-state index contributed by atoms with van der Waals surface area (Å²) in [6.07, 6.45) is -1.57. The largest absolute Gasteiger partial charge is 0.390 e. The van der Waals surface area contributed by atoms with Gasteiger partial charge in [0.1, 0.15) is 30.3 Å². The number of aromatic nitrogens is 3. The quantitative estimate of drug-likeness (QED) is 0.758. The molecule has 7 nitrogen and oxygen atoms in total. The van der Waals surface area contributed by atoms with Gasteiger partial charge in [-0.15, -0.1) is 0 Å². The van der Waals surface area contributed by atoms with E-state index < -0.39 is 30.6 Å². The Bertz CT molecular complexity index is 672. The Labute approximate surface area is 128 Å². The number of fused-ring (bicyclic) bond motifs is 1. The molecule has 3 heterocycles. The summed E-state index contributed by atoms with van der Waals surface area (Å²) in [6.45, 7) is 5.55. The molecule has 1 fully saturated rings. The Balaban J connectivity index is 1.96. The maximum Gasteiger partial charge on any atom is 0.164 e. The van der Waals surface area contributed by atoms with Crippen LogP contribution in [0.3, 0.4) is 0 Å².